The molecular weight excluding hydrogens is 333 g/mol. The van der Waals surface area contributed by atoms with E-state index in [4.69, 9.17) is 39.5 Å². The molecule has 1 N–H and O–H groups in total. The molecule has 0 fully saturated rings. The minimum Gasteiger partial charge on any atom is -0.383 e. The van der Waals surface area contributed by atoms with E-state index in [9.17, 15) is 0 Å². The first-order valence-electron chi connectivity index (χ1n) is 6.40. The van der Waals surface area contributed by atoms with E-state index in [-0.39, 0.29) is 6.04 Å². The molecule has 1 atom stereocenters. The predicted molar refractivity (Wildman–Crippen MR) is 86.5 cm³/mol. The lowest BCUT2D eigenvalue weighted by Crippen LogP contribution is -2.23. The Balaban J connectivity index is 2.43. The molecule has 0 saturated heterocycles. The maximum absolute atomic E-state index is 6.31. The molecule has 0 bridgehead atoms. The summed E-state index contributed by atoms with van der Waals surface area (Å²) >= 11 is 18.6. The normalized spacial score (nSPS) is 12.6. The number of aromatic nitrogens is 2. The van der Waals surface area contributed by atoms with Crippen molar-refractivity contribution in [2.45, 2.75) is 12.6 Å². The van der Waals surface area contributed by atoms with Crippen molar-refractivity contribution in [2.24, 2.45) is 0 Å². The van der Waals surface area contributed by atoms with Gasteiger partial charge in [0.15, 0.2) is 0 Å². The van der Waals surface area contributed by atoms with Crippen LogP contribution in [-0.4, -0.2) is 30.5 Å². The molecule has 0 saturated carbocycles. The van der Waals surface area contributed by atoms with Gasteiger partial charge >= 0.3 is 0 Å². The fourth-order valence-electron chi connectivity index (χ4n) is 2.19. The summed E-state index contributed by atoms with van der Waals surface area (Å²) in [5.41, 5.74) is 1.74. The Morgan fingerprint density at radius 3 is 2.67 bits per heavy atom. The Hall–Kier alpha value is -0.780. The van der Waals surface area contributed by atoms with Crippen LogP contribution in [0, 0.1) is 0 Å². The van der Waals surface area contributed by atoms with Crippen LogP contribution in [0.15, 0.2) is 24.4 Å². The fourth-order valence-corrected chi connectivity index (χ4v) is 2.96. The second kappa shape index (κ2) is 7.47. The quantitative estimate of drug-likeness (QED) is 0.863. The van der Waals surface area contributed by atoms with Gasteiger partial charge in [-0.15, -0.1) is 0 Å². The van der Waals surface area contributed by atoms with E-state index in [1.165, 1.54) is 0 Å². The van der Waals surface area contributed by atoms with Crippen LogP contribution in [0.2, 0.25) is 15.1 Å². The molecule has 0 spiro atoms. The molecule has 2 rings (SSSR count). The van der Waals surface area contributed by atoms with E-state index in [1.807, 2.05) is 17.8 Å². The highest BCUT2D eigenvalue weighted by molar-refractivity contribution is 6.35. The molecule has 1 aromatic carbocycles. The van der Waals surface area contributed by atoms with Crippen LogP contribution in [-0.2, 0) is 11.3 Å². The van der Waals surface area contributed by atoms with Gasteiger partial charge in [0.05, 0.1) is 36.1 Å². The van der Waals surface area contributed by atoms with Gasteiger partial charge in [0.1, 0.15) is 0 Å². The van der Waals surface area contributed by atoms with E-state index >= 15 is 0 Å². The monoisotopic (exact) mass is 347 g/mol. The summed E-state index contributed by atoms with van der Waals surface area (Å²) in [7, 11) is 3.50. The first-order chi connectivity index (χ1) is 10.1. The maximum Gasteiger partial charge on any atom is 0.0837 e. The van der Waals surface area contributed by atoms with E-state index in [1.54, 1.807) is 25.4 Å². The molecule has 7 heteroatoms. The first-order valence-corrected chi connectivity index (χ1v) is 7.54. The molecular formula is C14H16Cl3N3O. The average molecular weight is 349 g/mol. The highest BCUT2D eigenvalue weighted by Crippen LogP contribution is 2.33. The van der Waals surface area contributed by atoms with Gasteiger partial charge < -0.3 is 10.1 Å². The number of rotatable bonds is 6. The van der Waals surface area contributed by atoms with Gasteiger partial charge in [0.25, 0.3) is 0 Å². The number of ether oxygens (including phenoxy) is 1. The van der Waals surface area contributed by atoms with Crippen molar-refractivity contribution in [3.8, 4) is 0 Å². The van der Waals surface area contributed by atoms with Gasteiger partial charge in [-0.3, -0.25) is 4.68 Å². The molecule has 21 heavy (non-hydrogen) atoms. The summed E-state index contributed by atoms with van der Waals surface area (Å²) in [6.07, 6.45) is 1.63. The zero-order valence-electron chi connectivity index (χ0n) is 11.7. The van der Waals surface area contributed by atoms with Crippen molar-refractivity contribution in [3.63, 3.8) is 0 Å². The molecule has 0 aliphatic rings. The van der Waals surface area contributed by atoms with Crippen LogP contribution in [0.3, 0.4) is 0 Å². The Morgan fingerprint density at radius 2 is 2.05 bits per heavy atom. The zero-order chi connectivity index (χ0) is 15.4. The molecule has 1 heterocycles. The van der Waals surface area contributed by atoms with Crippen molar-refractivity contribution >= 4 is 34.8 Å². The number of nitrogens with one attached hydrogen (secondary N) is 1. The minimum atomic E-state index is -0.179. The van der Waals surface area contributed by atoms with Gasteiger partial charge in [0, 0.05) is 17.2 Å². The molecule has 1 aromatic heterocycles. The summed E-state index contributed by atoms with van der Waals surface area (Å²) in [5, 5.41) is 9.27. The number of nitrogens with zero attached hydrogens (tertiary/aromatic N) is 2. The van der Waals surface area contributed by atoms with Crippen molar-refractivity contribution in [2.75, 3.05) is 20.8 Å². The van der Waals surface area contributed by atoms with Crippen molar-refractivity contribution < 1.29 is 4.74 Å². The molecule has 0 aliphatic heterocycles. The predicted octanol–water partition coefficient (Wildman–Crippen LogP) is 3.80. The van der Waals surface area contributed by atoms with E-state index < -0.39 is 0 Å². The number of halogens is 3. The topological polar surface area (TPSA) is 39.1 Å². The molecule has 0 aliphatic carbocycles. The number of hydrogen-bond acceptors (Lipinski definition) is 3. The minimum absolute atomic E-state index is 0.179. The summed E-state index contributed by atoms with van der Waals surface area (Å²) in [6.45, 7) is 1.16. The van der Waals surface area contributed by atoms with Crippen LogP contribution in [0.1, 0.15) is 17.3 Å². The highest BCUT2D eigenvalue weighted by Gasteiger charge is 2.22. The second-order valence-electron chi connectivity index (χ2n) is 4.48. The van der Waals surface area contributed by atoms with Gasteiger partial charge in [-0.1, -0.05) is 40.9 Å². The van der Waals surface area contributed by atoms with Crippen molar-refractivity contribution in [1.29, 1.82) is 0 Å². The van der Waals surface area contributed by atoms with Crippen LogP contribution in [0.4, 0.5) is 0 Å². The van der Waals surface area contributed by atoms with Crippen LogP contribution in [0.5, 0.6) is 0 Å². The Morgan fingerprint density at radius 1 is 1.29 bits per heavy atom. The second-order valence-corrected chi connectivity index (χ2v) is 5.73. The lowest BCUT2D eigenvalue weighted by atomic mass is 10.0. The number of benzene rings is 1. The van der Waals surface area contributed by atoms with Crippen molar-refractivity contribution in [1.82, 2.24) is 15.1 Å². The van der Waals surface area contributed by atoms with Gasteiger partial charge in [-0.25, -0.2) is 0 Å². The van der Waals surface area contributed by atoms with Gasteiger partial charge in [-0.05, 0) is 24.7 Å². The van der Waals surface area contributed by atoms with E-state index in [0.29, 0.717) is 28.2 Å². The van der Waals surface area contributed by atoms with E-state index in [0.717, 1.165) is 11.3 Å². The summed E-state index contributed by atoms with van der Waals surface area (Å²) in [5.74, 6) is 0. The number of hydrogen-bond donors (Lipinski definition) is 1. The SMILES string of the molecule is CNC(c1ccc(Cl)cc1Cl)c1c(Cl)cnn1CCOC. The van der Waals surface area contributed by atoms with E-state index in [2.05, 4.69) is 10.4 Å². The fraction of sp³-hybridized carbons (Fsp3) is 0.357. The molecule has 0 radical (unpaired) electrons. The summed E-state index contributed by atoms with van der Waals surface area (Å²) in [6, 6.07) is 5.22. The Labute approximate surface area is 138 Å². The first kappa shape index (κ1) is 16.6. The highest BCUT2D eigenvalue weighted by atomic mass is 35.5. The summed E-state index contributed by atoms with van der Waals surface area (Å²) in [4.78, 5) is 0. The standard InChI is InChI=1S/C14H16Cl3N3O/c1-18-13(10-4-3-9(15)7-11(10)16)14-12(17)8-19-20(14)5-6-21-2/h3-4,7-8,13,18H,5-6H2,1-2H3. The smallest absolute Gasteiger partial charge is 0.0837 e. The van der Waals surface area contributed by atoms with Crippen LogP contribution in [0.25, 0.3) is 0 Å². The molecule has 4 nitrogen and oxygen atoms in total. The molecule has 2 aromatic rings. The third-order valence-electron chi connectivity index (χ3n) is 3.18. The van der Waals surface area contributed by atoms with Gasteiger partial charge in [-0.2, -0.15) is 5.10 Å². The van der Waals surface area contributed by atoms with Gasteiger partial charge in [0.2, 0.25) is 0 Å². The Kier molecular flexibility index (Phi) is 5.90. The van der Waals surface area contributed by atoms with Crippen LogP contribution < -0.4 is 5.32 Å². The molecule has 0 amide bonds. The van der Waals surface area contributed by atoms with Crippen molar-refractivity contribution in [3.05, 3.63) is 50.7 Å². The lowest BCUT2D eigenvalue weighted by molar-refractivity contribution is 0.182. The molecule has 114 valence electrons. The number of methoxy groups -OCH3 is 1. The Bertz CT molecular complexity index is 616. The third-order valence-corrected chi connectivity index (χ3v) is 4.03. The largest absolute Gasteiger partial charge is 0.383 e. The maximum atomic E-state index is 6.31. The molecule has 1 unspecified atom stereocenters. The average Bonchev–Trinajstić information content (AvgIpc) is 2.81. The summed E-state index contributed by atoms with van der Waals surface area (Å²) < 4.78 is 6.92. The lowest BCUT2D eigenvalue weighted by Gasteiger charge is -2.20. The van der Waals surface area contributed by atoms with Crippen LogP contribution >= 0.6 is 34.8 Å². The third kappa shape index (κ3) is 3.71. The zero-order valence-corrected chi connectivity index (χ0v) is 14.0.